The Labute approximate surface area is 73.3 Å². The summed E-state index contributed by atoms with van der Waals surface area (Å²) in [6, 6.07) is 1.74. The fourth-order valence-electron chi connectivity index (χ4n) is 1.05. The summed E-state index contributed by atoms with van der Waals surface area (Å²) in [5.41, 5.74) is 6.85. The van der Waals surface area contributed by atoms with E-state index < -0.39 is 0 Å². The lowest BCUT2D eigenvalue weighted by Crippen LogP contribution is -1.87. The van der Waals surface area contributed by atoms with Crippen LogP contribution in [0, 0.1) is 6.92 Å². The Balaban J connectivity index is 2.93. The third-order valence-electron chi connectivity index (χ3n) is 1.57. The molecule has 0 radical (unpaired) electrons. The molecule has 4 nitrogen and oxygen atoms in total. The summed E-state index contributed by atoms with van der Waals surface area (Å²) in [5.74, 6) is 0.280. The molecular weight excluding hydrogens is 178 g/mol. The molecule has 2 aromatic heterocycles. The van der Waals surface area contributed by atoms with Crippen LogP contribution in [0.2, 0.25) is 5.15 Å². The Morgan fingerprint density at radius 2 is 2.33 bits per heavy atom. The van der Waals surface area contributed by atoms with Gasteiger partial charge < -0.3 is 10.3 Å². The van der Waals surface area contributed by atoms with Gasteiger partial charge in [-0.2, -0.15) is 0 Å². The number of pyridine rings is 1. The Bertz CT molecular complexity index is 437. The van der Waals surface area contributed by atoms with Gasteiger partial charge in [-0.25, -0.2) is 4.98 Å². The molecule has 0 saturated heterocycles. The molecule has 62 valence electrons. The van der Waals surface area contributed by atoms with Crippen LogP contribution in [-0.4, -0.2) is 10.1 Å². The first-order valence-electron chi connectivity index (χ1n) is 3.36. The topological polar surface area (TPSA) is 64.9 Å². The Morgan fingerprint density at radius 1 is 1.58 bits per heavy atom. The van der Waals surface area contributed by atoms with Gasteiger partial charge in [0.05, 0.1) is 0 Å². The van der Waals surface area contributed by atoms with E-state index in [-0.39, 0.29) is 5.82 Å². The van der Waals surface area contributed by atoms with Crippen LogP contribution < -0.4 is 5.73 Å². The minimum atomic E-state index is 0.280. The van der Waals surface area contributed by atoms with Gasteiger partial charge in [0.25, 0.3) is 0 Å². The van der Waals surface area contributed by atoms with E-state index in [0.29, 0.717) is 16.1 Å². The monoisotopic (exact) mass is 183 g/mol. The van der Waals surface area contributed by atoms with Crippen LogP contribution in [0.15, 0.2) is 10.6 Å². The first-order valence-corrected chi connectivity index (χ1v) is 3.74. The van der Waals surface area contributed by atoms with Crippen LogP contribution in [0.1, 0.15) is 5.69 Å². The average Bonchev–Trinajstić information content (AvgIpc) is 2.31. The molecule has 5 heteroatoms. The van der Waals surface area contributed by atoms with Crippen molar-refractivity contribution in [2.45, 2.75) is 6.92 Å². The first-order chi connectivity index (χ1) is 5.68. The first kappa shape index (κ1) is 7.36. The van der Waals surface area contributed by atoms with E-state index in [1.807, 2.05) is 6.92 Å². The fraction of sp³-hybridized carbons (Fsp3) is 0.143. The van der Waals surface area contributed by atoms with Gasteiger partial charge >= 0.3 is 0 Å². The van der Waals surface area contributed by atoms with Gasteiger partial charge in [-0.1, -0.05) is 16.8 Å². The molecule has 0 aliphatic carbocycles. The van der Waals surface area contributed by atoms with E-state index in [9.17, 15) is 0 Å². The lowest BCUT2D eigenvalue weighted by molar-refractivity contribution is 0.460. The lowest BCUT2D eigenvalue weighted by atomic mass is 10.3. The van der Waals surface area contributed by atoms with Gasteiger partial charge in [-0.15, -0.1) is 0 Å². The molecule has 0 aliphatic rings. The molecule has 2 aromatic rings. The maximum absolute atomic E-state index is 5.82. The quantitative estimate of drug-likeness (QED) is 0.633. The highest BCUT2D eigenvalue weighted by Gasteiger charge is 2.10. The summed E-state index contributed by atoms with van der Waals surface area (Å²) in [6.45, 7) is 1.82. The zero-order valence-corrected chi connectivity index (χ0v) is 7.09. The number of fused-ring (bicyclic) bond motifs is 1. The van der Waals surface area contributed by atoms with Gasteiger partial charge in [0.2, 0.25) is 0 Å². The SMILES string of the molecule is Cc1cc2onc(N)c2c(Cl)n1. The van der Waals surface area contributed by atoms with Gasteiger partial charge in [0, 0.05) is 11.8 Å². The Hall–Kier alpha value is -1.29. The maximum atomic E-state index is 5.82. The molecule has 0 unspecified atom stereocenters. The van der Waals surface area contributed by atoms with Gasteiger partial charge in [0.15, 0.2) is 11.4 Å². The minimum absolute atomic E-state index is 0.280. The van der Waals surface area contributed by atoms with Crippen molar-refractivity contribution in [3.63, 3.8) is 0 Å². The second kappa shape index (κ2) is 2.35. The minimum Gasteiger partial charge on any atom is -0.380 e. The summed E-state index contributed by atoms with van der Waals surface area (Å²) < 4.78 is 4.91. The zero-order valence-electron chi connectivity index (χ0n) is 6.34. The van der Waals surface area contributed by atoms with E-state index >= 15 is 0 Å². The highest BCUT2D eigenvalue weighted by atomic mass is 35.5. The zero-order chi connectivity index (χ0) is 8.72. The second-order valence-corrected chi connectivity index (χ2v) is 2.85. The van der Waals surface area contributed by atoms with Crippen molar-refractivity contribution in [3.05, 3.63) is 16.9 Å². The number of nitrogen functional groups attached to an aromatic ring is 1. The van der Waals surface area contributed by atoms with Crippen LogP contribution in [0.5, 0.6) is 0 Å². The number of nitrogens with zero attached hydrogens (tertiary/aromatic N) is 2. The van der Waals surface area contributed by atoms with Crippen LogP contribution in [0.4, 0.5) is 5.82 Å². The molecule has 0 saturated carbocycles. The van der Waals surface area contributed by atoms with Crippen LogP contribution in [0.25, 0.3) is 11.0 Å². The third kappa shape index (κ3) is 0.921. The van der Waals surface area contributed by atoms with E-state index in [1.165, 1.54) is 0 Å². The fourth-order valence-corrected chi connectivity index (χ4v) is 1.38. The van der Waals surface area contributed by atoms with Crippen molar-refractivity contribution < 1.29 is 4.52 Å². The van der Waals surface area contributed by atoms with E-state index in [2.05, 4.69) is 10.1 Å². The molecule has 12 heavy (non-hydrogen) atoms. The number of hydrogen-bond donors (Lipinski definition) is 1. The molecule has 2 rings (SSSR count). The van der Waals surface area contributed by atoms with Crippen molar-refractivity contribution in [1.29, 1.82) is 0 Å². The van der Waals surface area contributed by atoms with Gasteiger partial charge in [-0.3, -0.25) is 0 Å². The summed E-state index contributed by atoms with van der Waals surface area (Å²) in [6.07, 6.45) is 0. The number of rotatable bonds is 0. The van der Waals surface area contributed by atoms with Crippen LogP contribution in [-0.2, 0) is 0 Å². The maximum Gasteiger partial charge on any atom is 0.177 e. The largest absolute Gasteiger partial charge is 0.380 e. The summed E-state index contributed by atoms with van der Waals surface area (Å²) >= 11 is 5.82. The molecule has 0 bridgehead atoms. The summed E-state index contributed by atoms with van der Waals surface area (Å²) in [5, 5.41) is 4.50. The van der Waals surface area contributed by atoms with Gasteiger partial charge in [0.1, 0.15) is 10.5 Å². The highest BCUT2D eigenvalue weighted by Crippen LogP contribution is 2.26. The predicted octanol–water partition coefficient (Wildman–Crippen LogP) is 1.77. The predicted molar refractivity (Wildman–Crippen MR) is 46.0 cm³/mol. The van der Waals surface area contributed by atoms with Crippen LogP contribution >= 0.6 is 11.6 Å². The molecular formula is C7H6ClN3O. The number of nitrogens with two attached hydrogens (primary N) is 1. The second-order valence-electron chi connectivity index (χ2n) is 2.50. The number of halogens is 1. The Morgan fingerprint density at radius 3 is 3.08 bits per heavy atom. The number of aromatic nitrogens is 2. The summed E-state index contributed by atoms with van der Waals surface area (Å²) in [4.78, 5) is 4.02. The molecule has 0 aliphatic heterocycles. The molecule has 2 heterocycles. The van der Waals surface area contributed by atoms with Crippen molar-refractivity contribution in [2.75, 3.05) is 5.73 Å². The number of anilines is 1. The third-order valence-corrected chi connectivity index (χ3v) is 1.84. The average molecular weight is 184 g/mol. The van der Waals surface area contributed by atoms with Crippen molar-refractivity contribution in [2.24, 2.45) is 0 Å². The van der Waals surface area contributed by atoms with Crippen molar-refractivity contribution in [3.8, 4) is 0 Å². The Kier molecular flexibility index (Phi) is 1.44. The van der Waals surface area contributed by atoms with E-state index in [0.717, 1.165) is 5.69 Å². The molecule has 0 fully saturated rings. The molecule has 2 N–H and O–H groups in total. The van der Waals surface area contributed by atoms with Crippen molar-refractivity contribution in [1.82, 2.24) is 10.1 Å². The molecule has 0 amide bonds. The molecule has 0 spiro atoms. The summed E-state index contributed by atoms with van der Waals surface area (Å²) in [7, 11) is 0. The normalized spacial score (nSPS) is 10.8. The van der Waals surface area contributed by atoms with E-state index in [1.54, 1.807) is 6.07 Å². The van der Waals surface area contributed by atoms with Gasteiger partial charge in [-0.05, 0) is 6.92 Å². The standard InChI is InChI=1S/C7H6ClN3O/c1-3-2-4-5(6(8)10-3)7(9)11-12-4/h2H,1H3,(H2,9,11). The lowest BCUT2D eigenvalue weighted by Gasteiger charge is -1.93. The smallest absolute Gasteiger partial charge is 0.177 e. The number of hydrogen-bond acceptors (Lipinski definition) is 4. The number of aryl methyl sites for hydroxylation is 1. The molecule has 0 aromatic carbocycles. The highest BCUT2D eigenvalue weighted by molar-refractivity contribution is 6.34. The van der Waals surface area contributed by atoms with E-state index in [4.69, 9.17) is 21.9 Å². The molecule has 0 atom stereocenters. The van der Waals surface area contributed by atoms with Crippen LogP contribution in [0.3, 0.4) is 0 Å². The van der Waals surface area contributed by atoms with Crippen molar-refractivity contribution >= 4 is 28.4 Å².